The first kappa shape index (κ1) is 27.8. The summed E-state index contributed by atoms with van der Waals surface area (Å²) in [6.07, 6.45) is 0.941. The molecule has 11 rings (SSSR count). The van der Waals surface area contributed by atoms with E-state index in [1.54, 1.807) is 0 Å². The first-order chi connectivity index (χ1) is 24.8. The minimum absolute atomic E-state index is 0.941. The number of pyridine rings is 1. The highest BCUT2D eigenvalue weighted by Crippen LogP contribution is 2.50. The summed E-state index contributed by atoms with van der Waals surface area (Å²) in [6, 6.07) is 60.2. The summed E-state index contributed by atoms with van der Waals surface area (Å²) in [6.45, 7) is 0. The van der Waals surface area contributed by atoms with Crippen molar-refractivity contribution in [3.05, 3.63) is 175 Å². The van der Waals surface area contributed by atoms with Crippen molar-refractivity contribution in [2.24, 2.45) is 0 Å². The van der Waals surface area contributed by atoms with Gasteiger partial charge in [-0.05, 0) is 85.8 Å². The van der Waals surface area contributed by atoms with Gasteiger partial charge in [-0.3, -0.25) is 0 Å². The fraction of sp³-hybridized carbons (Fsp3) is 0.0208. The van der Waals surface area contributed by atoms with E-state index in [9.17, 15) is 0 Å². The van der Waals surface area contributed by atoms with Crippen molar-refractivity contribution in [1.82, 2.24) is 4.98 Å². The Kier molecular flexibility index (Phi) is 5.96. The predicted octanol–water partition coefficient (Wildman–Crippen LogP) is 13.5. The van der Waals surface area contributed by atoms with Crippen molar-refractivity contribution in [1.29, 1.82) is 0 Å². The van der Waals surface area contributed by atoms with Crippen LogP contribution in [0.4, 0.5) is 0 Å². The largest absolute Gasteiger partial charge is 0.247 e. The summed E-state index contributed by atoms with van der Waals surface area (Å²) in [5.74, 6) is 0. The molecule has 0 unspecified atom stereocenters. The number of nitrogens with zero attached hydrogens (tertiary/aromatic N) is 1. The third-order valence-corrected chi connectivity index (χ3v) is 11.9. The number of thiophene rings is 1. The van der Waals surface area contributed by atoms with Gasteiger partial charge >= 0.3 is 0 Å². The van der Waals surface area contributed by atoms with Crippen LogP contribution in [-0.2, 0) is 6.42 Å². The van der Waals surface area contributed by atoms with E-state index in [0.29, 0.717) is 0 Å². The monoisotopic (exact) mass is 651 g/mol. The van der Waals surface area contributed by atoms with E-state index >= 15 is 0 Å². The number of hydrogen-bond acceptors (Lipinski definition) is 2. The average molecular weight is 652 g/mol. The minimum Gasteiger partial charge on any atom is -0.247 e. The number of hydrogen-bond donors (Lipinski definition) is 0. The van der Waals surface area contributed by atoms with Gasteiger partial charge in [-0.1, -0.05) is 140 Å². The molecule has 1 aliphatic carbocycles. The molecular weight excluding hydrogens is 623 g/mol. The Balaban J connectivity index is 1.15. The molecule has 1 nitrogen and oxygen atoms in total. The van der Waals surface area contributed by atoms with Gasteiger partial charge in [-0.25, -0.2) is 4.98 Å². The SMILES string of the molecule is c1ccc(-c2ccc3ccc4ccc(-c5cc6c(c7ccccc57)Cc5cccc(-c7cccc8c7sc7ccccc78)c5-6)cc4c3n2)cc1. The molecular formula is C48H29NS. The molecule has 0 N–H and O–H groups in total. The Labute approximate surface area is 293 Å². The Hall–Kier alpha value is -6.09. The second-order valence-electron chi connectivity index (χ2n) is 13.4. The quantitative estimate of drug-likeness (QED) is 0.173. The van der Waals surface area contributed by atoms with Crippen molar-refractivity contribution < 1.29 is 0 Å². The predicted molar refractivity (Wildman–Crippen MR) is 214 cm³/mol. The van der Waals surface area contributed by atoms with E-state index in [4.69, 9.17) is 4.98 Å². The van der Waals surface area contributed by atoms with Crippen molar-refractivity contribution in [2.45, 2.75) is 6.42 Å². The molecule has 0 fully saturated rings. The maximum Gasteiger partial charge on any atom is 0.0788 e. The Morgan fingerprint density at radius 1 is 0.440 bits per heavy atom. The zero-order valence-electron chi connectivity index (χ0n) is 27.2. The number of aromatic nitrogens is 1. The lowest BCUT2D eigenvalue weighted by Gasteiger charge is -2.16. The van der Waals surface area contributed by atoms with Gasteiger partial charge in [0, 0.05) is 42.1 Å². The van der Waals surface area contributed by atoms with Crippen molar-refractivity contribution in [2.75, 3.05) is 0 Å². The highest BCUT2D eigenvalue weighted by molar-refractivity contribution is 7.26. The molecule has 0 amide bonds. The second kappa shape index (κ2) is 10.7. The standard InChI is InChI=1S/C48H29NS/c1-2-10-30(11-3-1)44-25-24-31-22-20-29-21-23-32(26-41(29)47(31)49-44)40-28-43-42(35-14-5-4-13-34(35)40)27-33-12-8-16-37(46(33)43)39-18-9-17-38-36-15-6-7-19-45(36)50-48(38)39/h1-26,28H,27H2. The molecule has 0 atom stereocenters. The van der Waals surface area contributed by atoms with Crippen LogP contribution in [0.5, 0.6) is 0 Å². The summed E-state index contributed by atoms with van der Waals surface area (Å²) < 4.78 is 2.70. The number of benzene rings is 8. The molecule has 0 saturated heterocycles. The first-order valence-corrected chi connectivity index (χ1v) is 18.1. The highest BCUT2D eigenvalue weighted by atomic mass is 32.1. The summed E-state index contributed by atoms with van der Waals surface area (Å²) in [7, 11) is 0. The van der Waals surface area contributed by atoms with Crippen molar-refractivity contribution in [3.8, 4) is 44.6 Å². The molecule has 0 spiro atoms. The van der Waals surface area contributed by atoms with Crippen LogP contribution >= 0.6 is 11.3 Å². The molecule has 8 aromatic carbocycles. The molecule has 2 heteroatoms. The van der Waals surface area contributed by atoms with E-state index in [-0.39, 0.29) is 0 Å². The Bertz CT molecular complexity index is 3010. The lowest BCUT2D eigenvalue weighted by Crippen LogP contribution is -1.91. The van der Waals surface area contributed by atoms with Crippen LogP contribution in [0.25, 0.3) is 97.3 Å². The molecule has 0 bridgehead atoms. The lowest BCUT2D eigenvalue weighted by atomic mass is 9.88. The van der Waals surface area contributed by atoms with Crippen molar-refractivity contribution in [3.63, 3.8) is 0 Å². The van der Waals surface area contributed by atoms with Crippen LogP contribution in [0.1, 0.15) is 11.1 Å². The van der Waals surface area contributed by atoms with Crippen molar-refractivity contribution >= 4 is 64.0 Å². The fourth-order valence-corrected chi connectivity index (χ4v) is 9.60. The lowest BCUT2D eigenvalue weighted by molar-refractivity contribution is 1.28. The van der Waals surface area contributed by atoms with Gasteiger partial charge in [0.25, 0.3) is 0 Å². The summed E-state index contributed by atoms with van der Waals surface area (Å²) >= 11 is 1.91. The van der Waals surface area contributed by atoms with E-state index in [0.717, 1.165) is 28.6 Å². The van der Waals surface area contributed by atoms with E-state index in [2.05, 4.69) is 164 Å². The maximum atomic E-state index is 5.24. The molecule has 10 aromatic rings. The molecule has 50 heavy (non-hydrogen) atoms. The van der Waals surface area contributed by atoms with Gasteiger partial charge in [0.05, 0.1) is 11.2 Å². The Morgan fingerprint density at radius 2 is 1.16 bits per heavy atom. The molecule has 0 radical (unpaired) electrons. The summed E-state index contributed by atoms with van der Waals surface area (Å²) in [5.41, 5.74) is 13.8. The van der Waals surface area contributed by atoms with Crippen LogP contribution in [0, 0.1) is 0 Å². The van der Waals surface area contributed by atoms with Crippen LogP contribution in [0.2, 0.25) is 0 Å². The average Bonchev–Trinajstić information content (AvgIpc) is 3.76. The first-order valence-electron chi connectivity index (χ1n) is 17.3. The number of rotatable bonds is 3. The third-order valence-electron chi connectivity index (χ3n) is 10.7. The second-order valence-corrected chi connectivity index (χ2v) is 14.5. The van der Waals surface area contributed by atoms with Crippen LogP contribution in [-0.4, -0.2) is 4.98 Å². The van der Waals surface area contributed by atoms with E-state index in [1.165, 1.54) is 86.2 Å². The van der Waals surface area contributed by atoms with Gasteiger partial charge in [0.2, 0.25) is 0 Å². The Morgan fingerprint density at radius 3 is 2.08 bits per heavy atom. The van der Waals surface area contributed by atoms with Crippen LogP contribution in [0.15, 0.2) is 164 Å². The zero-order valence-corrected chi connectivity index (χ0v) is 28.0. The van der Waals surface area contributed by atoms with Gasteiger partial charge in [-0.15, -0.1) is 11.3 Å². The van der Waals surface area contributed by atoms with E-state index in [1.807, 2.05) is 11.3 Å². The fourth-order valence-electron chi connectivity index (χ4n) is 8.37. The van der Waals surface area contributed by atoms with E-state index < -0.39 is 0 Å². The number of fused-ring (bicyclic) bond motifs is 11. The van der Waals surface area contributed by atoms with Gasteiger partial charge in [0.1, 0.15) is 0 Å². The van der Waals surface area contributed by atoms with Gasteiger partial charge < -0.3 is 0 Å². The van der Waals surface area contributed by atoms with Gasteiger partial charge in [0.15, 0.2) is 0 Å². The van der Waals surface area contributed by atoms with Crippen LogP contribution < -0.4 is 0 Å². The minimum atomic E-state index is 0.941. The molecule has 2 heterocycles. The molecule has 0 saturated carbocycles. The highest BCUT2D eigenvalue weighted by Gasteiger charge is 2.26. The molecule has 1 aliphatic rings. The van der Waals surface area contributed by atoms with Crippen LogP contribution in [0.3, 0.4) is 0 Å². The molecule has 232 valence electrons. The van der Waals surface area contributed by atoms with Gasteiger partial charge in [-0.2, -0.15) is 0 Å². The topological polar surface area (TPSA) is 12.9 Å². The summed E-state index contributed by atoms with van der Waals surface area (Å²) in [5, 5.41) is 8.85. The zero-order chi connectivity index (χ0) is 32.8. The normalized spacial score (nSPS) is 12.3. The summed E-state index contributed by atoms with van der Waals surface area (Å²) in [4.78, 5) is 5.24. The maximum absolute atomic E-state index is 5.24. The molecule has 0 aliphatic heterocycles. The third kappa shape index (κ3) is 4.09. The molecule has 2 aromatic heterocycles. The smallest absolute Gasteiger partial charge is 0.0788 e.